The van der Waals surface area contributed by atoms with Crippen LogP contribution in [0.25, 0.3) is 0 Å². The van der Waals surface area contributed by atoms with E-state index in [9.17, 15) is 13.2 Å². The van der Waals surface area contributed by atoms with Gasteiger partial charge >= 0.3 is 0 Å². The highest BCUT2D eigenvalue weighted by Crippen LogP contribution is 2.40. The maximum atomic E-state index is 12.6. The Morgan fingerprint density at radius 3 is 2.85 bits per heavy atom. The molecule has 10 heteroatoms. The topological polar surface area (TPSA) is 121 Å². The van der Waals surface area contributed by atoms with Gasteiger partial charge in [-0.25, -0.2) is 13.4 Å². The lowest BCUT2D eigenvalue weighted by atomic mass is 9.98. The molecule has 27 heavy (non-hydrogen) atoms. The number of amides is 1. The second kappa shape index (κ2) is 6.47. The number of nitrogens with zero attached hydrogens (tertiary/aromatic N) is 4. The largest absolute Gasteiger partial charge is 0.321 e. The van der Waals surface area contributed by atoms with E-state index in [1.165, 1.54) is 10.6 Å². The van der Waals surface area contributed by atoms with E-state index < -0.39 is 10.0 Å². The number of nitrogens with one attached hydrogen (secondary N) is 2. The third kappa shape index (κ3) is 3.26. The Morgan fingerprint density at radius 1 is 1.33 bits per heavy atom. The fourth-order valence-corrected chi connectivity index (χ4v) is 4.08. The first-order valence-corrected chi connectivity index (χ1v) is 9.96. The molecule has 0 spiro atoms. The fourth-order valence-electron chi connectivity index (χ4n) is 3.14. The summed E-state index contributed by atoms with van der Waals surface area (Å²) in [6.45, 7) is 0.205. The molecule has 138 valence electrons. The predicted octanol–water partition coefficient (Wildman–Crippen LogP) is 1.36. The number of hydrogen-bond donors (Lipinski definition) is 2. The number of pyridine rings is 1. The van der Waals surface area contributed by atoms with Crippen molar-refractivity contribution in [3.05, 3.63) is 66.0 Å². The Kier molecular flexibility index (Phi) is 4.11. The predicted molar refractivity (Wildman–Crippen MR) is 99.0 cm³/mol. The van der Waals surface area contributed by atoms with Crippen LogP contribution in [0.5, 0.6) is 0 Å². The zero-order valence-corrected chi connectivity index (χ0v) is 15.1. The van der Waals surface area contributed by atoms with Crippen molar-refractivity contribution in [2.45, 2.75) is 5.92 Å². The number of aromatic amines is 1. The van der Waals surface area contributed by atoms with Gasteiger partial charge in [0.2, 0.25) is 10.0 Å². The molecule has 9 nitrogen and oxygen atoms in total. The van der Waals surface area contributed by atoms with E-state index in [0.29, 0.717) is 28.3 Å². The van der Waals surface area contributed by atoms with Gasteiger partial charge in [0, 0.05) is 18.3 Å². The smallest absolute Gasteiger partial charge is 0.255 e. The summed E-state index contributed by atoms with van der Waals surface area (Å²) in [7, 11) is -3.46. The molecule has 1 aliphatic heterocycles. The van der Waals surface area contributed by atoms with Crippen LogP contribution >= 0.6 is 0 Å². The van der Waals surface area contributed by atoms with Gasteiger partial charge in [0.15, 0.2) is 0 Å². The molecular formula is C17H16N6O3S. The standard InChI is InChI=1S/C17H16N6O3S/c1-27(25,26)23-9-14(16-19-10-20-22-16)13-7-11(4-5-15(13)23)17(24)21-12-3-2-6-18-8-12/h2-8,10,14H,9H2,1H3,(H,21,24)(H,19,20,22)/t14-/m1/s1. The molecule has 0 radical (unpaired) electrons. The number of sulfonamides is 1. The van der Waals surface area contributed by atoms with Crippen LogP contribution in [-0.4, -0.2) is 47.3 Å². The van der Waals surface area contributed by atoms with Crippen molar-refractivity contribution in [2.24, 2.45) is 0 Å². The van der Waals surface area contributed by atoms with Crippen LogP contribution in [0.2, 0.25) is 0 Å². The third-order valence-electron chi connectivity index (χ3n) is 4.37. The van der Waals surface area contributed by atoms with E-state index in [2.05, 4.69) is 25.5 Å². The van der Waals surface area contributed by atoms with Crippen molar-refractivity contribution in [1.29, 1.82) is 0 Å². The number of aromatic nitrogens is 4. The van der Waals surface area contributed by atoms with E-state index in [4.69, 9.17) is 0 Å². The van der Waals surface area contributed by atoms with E-state index in [1.807, 2.05) is 0 Å². The van der Waals surface area contributed by atoms with Crippen LogP contribution in [0.4, 0.5) is 11.4 Å². The van der Waals surface area contributed by atoms with Crippen molar-refractivity contribution < 1.29 is 13.2 Å². The SMILES string of the molecule is CS(=O)(=O)N1C[C@@H](c2ncn[nH]2)c2cc(C(=O)Nc3cccnc3)ccc21. The third-order valence-corrected chi connectivity index (χ3v) is 5.51. The average Bonchev–Trinajstić information content (AvgIpc) is 3.29. The van der Waals surface area contributed by atoms with Gasteiger partial charge in [-0.1, -0.05) is 0 Å². The highest BCUT2D eigenvalue weighted by Gasteiger charge is 2.36. The number of rotatable bonds is 4. The normalized spacial score (nSPS) is 16.2. The van der Waals surface area contributed by atoms with E-state index >= 15 is 0 Å². The van der Waals surface area contributed by atoms with E-state index in [0.717, 1.165) is 6.26 Å². The summed E-state index contributed by atoms with van der Waals surface area (Å²) in [6, 6.07) is 8.40. The maximum absolute atomic E-state index is 12.6. The lowest BCUT2D eigenvalue weighted by molar-refractivity contribution is 0.102. The zero-order valence-electron chi connectivity index (χ0n) is 14.3. The van der Waals surface area contributed by atoms with Gasteiger partial charge in [-0.3, -0.25) is 19.2 Å². The summed E-state index contributed by atoms with van der Waals surface area (Å²) in [5.74, 6) is -0.0875. The summed E-state index contributed by atoms with van der Waals surface area (Å²) < 4.78 is 25.6. The molecule has 0 fully saturated rings. The van der Waals surface area contributed by atoms with Gasteiger partial charge in [-0.05, 0) is 35.9 Å². The first-order chi connectivity index (χ1) is 12.9. The summed E-state index contributed by atoms with van der Waals surface area (Å²) >= 11 is 0. The minimum atomic E-state index is -3.46. The van der Waals surface area contributed by atoms with Gasteiger partial charge in [-0.2, -0.15) is 5.10 Å². The van der Waals surface area contributed by atoms with Crippen molar-refractivity contribution in [3.63, 3.8) is 0 Å². The quantitative estimate of drug-likeness (QED) is 0.701. The van der Waals surface area contributed by atoms with Crippen LogP contribution in [0.3, 0.4) is 0 Å². The lowest BCUT2D eigenvalue weighted by Gasteiger charge is -2.16. The highest BCUT2D eigenvalue weighted by atomic mass is 32.2. The summed E-state index contributed by atoms with van der Waals surface area (Å²) in [5.41, 5.74) is 2.23. The van der Waals surface area contributed by atoms with Crippen molar-refractivity contribution >= 4 is 27.3 Å². The van der Waals surface area contributed by atoms with Gasteiger partial charge in [0.05, 0.1) is 29.7 Å². The Hall–Kier alpha value is -3.27. The molecule has 0 saturated heterocycles. The Morgan fingerprint density at radius 2 is 2.19 bits per heavy atom. The zero-order chi connectivity index (χ0) is 19.0. The molecule has 2 N–H and O–H groups in total. The van der Waals surface area contributed by atoms with Crippen LogP contribution in [0.1, 0.15) is 27.7 Å². The van der Waals surface area contributed by atoms with Gasteiger partial charge < -0.3 is 5.32 Å². The fraction of sp³-hybridized carbons (Fsp3) is 0.176. The molecule has 1 amide bonds. The number of hydrogen-bond acceptors (Lipinski definition) is 6. The average molecular weight is 384 g/mol. The molecule has 3 heterocycles. The Bertz CT molecular complexity index is 1080. The molecule has 1 atom stereocenters. The van der Waals surface area contributed by atoms with E-state index in [-0.39, 0.29) is 18.4 Å². The molecule has 0 bridgehead atoms. The molecule has 1 aliphatic rings. The first kappa shape index (κ1) is 17.2. The second-order valence-electron chi connectivity index (χ2n) is 6.19. The molecule has 1 aromatic carbocycles. The molecule has 0 saturated carbocycles. The molecule has 4 rings (SSSR count). The number of anilines is 2. The van der Waals surface area contributed by atoms with Crippen molar-refractivity contribution in [1.82, 2.24) is 20.2 Å². The van der Waals surface area contributed by atoms with E-state index in [1.54, 1.807) is 42.7 Å². The molecule has 3 aromatic rings. The summed E-state index contributed by atoms with van der Waals surface area (Å²) in [4.78, 5) is 20.7. The van der Waals surface area contributed by atoms with Crippen LogP contribution in [-0.2, 0) is 10.0 Å². The molecule has 2 aromatic heterocycles. The Balaban J connectivity index is 1.72. The van der Waals surface area contributed by atoms with Gasteiger partial charge in [-0.15, -0.1) is 0 Å². The number of H-pyrrole nitrogens is 1. The van der Waals surface area contributed by atoms with Gasteiger partial charge in [0.1, 0.15) is 12.2 Å². The number of benzene rings is 1. The lowest BCUT2D eigenvalue weighted by Crippen LogP contribution is -2.29. The summed E-state index contributed by atoms with van der Waals surface area (Å²) in [5, 5.41) is 9.41. The highest BCUT2D eigenvalue weighted by molar-refractivity contribution is 7.92. The minimum Gasteiger partial charge on any atom is -0.321 e. The van der Waals surface area contributed by atoms with Crippen LogP contribution < -0.4 is 9.62 Å². The molecule has 0 aliphatic carbocycles. The molecule has 0 unspecified atom stereocenters. The first-order valence-electron chi connectivity index (χ1n) is 8.12. The summed E-state index contributed by atoms with van der Waals surface area (Å²) in [6.07, 6.45) is 5.69. The number of fused-ring (bicyclic) bond motifs is 1. The number of carbonyl (C=O) groups is 1. The van der Waals surface area contributed by atoms with Crippen LogP contribution in [0, 0.1) is 0 Å². The second-order valence-corrected chi connectivity index (χ2v) is 8.09. The van der Waals surface area contributed by atoms with Crippen molar-refractivity contribution in [3.8, 4) is 0 Å². The Labute approximate surface area is 155 Å². The number of carbonyl (C=O) groups excluding carboxylic acids is 1. The molecular weight excluding hydrogens is 368 g/mol. The maximum Gasteiger partial charge on any atom is 0.255 e. The minimum absolute atomic E-state index is 0.205. The van der Waals surface area contributed by atoms with Crippen molar-refractivity contribution in [2.75, 3.05) is 22.4 Å². The van der Waals surface area contributed by atoms with Gasteiger partial charge in [0.25, 0.3) is 5.91 Å². The van der Waals surface area contributed by atoms with Crippen LogP contribution in [0.15, 0.2) is 49.1 Å². The monoisotopic (exact) mass is 384 g/mol.